The molecular weight excluding hydrogens is 202 g/mol. The highest BCUT2D eigenvalue weighted by Gasteiger charge is 2.32. The Bertz CT molecular complexity index is 343. The molecule has 1 amide bonds. The smallest absolute Gasteiger partial charge is 0.376 e. The maximum absolute atomic E-state index is 11.1. The second-order valence-corrected chi connectivity index (χ2v) is 4.03. The number of esters is 1. The fourth-order valence-corrected chi connectivity index (χ4v) is 1.57. The number of hydrogen-bond acceptors (Lipinski definition) is 4. The number of ether oxygens (including phenoxy) is 1. The van der Waals surface area contributed by atoms with Gasteiger partial charge in [0.2, 0.25) is 0 Å². The van der Waals surface area contributed by atoms with Crippen molar-refractivity contribution in [2.75, 3.05) is 5.32 Å². The van der Waals surface area contributed by atoms with E-state index >= 15 is 0 Å². The van der Waals surface area contributed by atoms with Gasteiger partial charge in [-0.15, -0.1) is 11.3 Å². The summed E-state index contributed by atoms with van der Waals surface area (Å²) >= 11 is 1.38. The van der Waals surface area contributed by atoms with E-state index in [0.29, 0.717) is 5.00 Å². The summed E-state index contributed by atoms with van der Waals surface area (Å²) < 4.78 is 4.57. The van der Waals surface area contributed by atoms with Crippen LogP contribution in [0.1, 0.15) is 12.8 Å². The predicted octanol–water partition coefficient (Wildman–Crippen LogP) is 2.23. The number of amides is 1. The first-order valence-corrected chi connectivity index (χ1v) is 5.20. The number of anilines is 1. The molecule has 1 fully saturated rings. The van der Waals surface area contributed by atoms with Gasteiger partial charge in [-0.1, -0.05) is 0 Å². The Morgan fingerprint density at radius 1 is 1.50 bits per heavy atom. The summed E-state index contributed by atoms with van der Waals surface area (Å²) in [6.07, 6.45) is 0.986. The highest BCUT2D eigenvalue weighted by Crippen LogP contribution is 2.30. The minimum atomic E-state index is -0.690. The molecule has 1 aromatic rings. The van der Waals surface area contributed by atoms with Crippen LogP contribution in [0.2, 0.25) is 0 Å². The van der Waals surface area contributed by atoms with Crippen molar-refractivity contribution in [3.63, 3.8) is 0 Å². The van der Waals surface area contributed by atoms with Gasteiger partial charge in [-0.2, -0.15) is 0 Å². The molecule has 5 heteroatoms. The summed E-state index contributed by atoms with van der Waals surface area (Å²) in [5.41, 5.74) is 0. The van der Waals surface area contributed by atoms with E-state index in [1.807, 2.05) is 11.4 Å². The molecule has 1 aliphatic rings. The third-order valence-corrected chi connectivity index (χ3v) is 2.64. The highest BCUT2D eigenvalue weighted by atomic mass is 32.1. The molecule has 0 radical (unpaired) electrons. The lowest BCUT2D eigenvalue weighted by molar-refractivity contribution is -0.138. The Morgan fingerprint density at radius 3 is 2.86 bits per heavy atom. The van der Waals surface area contributed by atoms with Crippen LogP contribution in [0, 0.1) is 5.92 Å². The van der Waals surface area contributed by atoms with Crippen LogP contribution in [0.5, 0.6) is 0 Å². The minimum absolute atomic E-state index is 0.0518. The van der Waals surface area contributed by atoms with Crippen molar-refractivity contribution in [2.24, 2.45) is 5.92 Å². The zero-order valence-electron chi connectivity index (χ0n) is 7.36. The summed E-state index contributed by atoms with van der Waals surface area (Å²) in [5.74, 6) is -0.469. The third-order valence-electron chi connectivity index (χ3n) is 1.85. The lowest BCUT2D eigenvalue weighted by Crippen LogP contribution is -2.18. The molecule has 1 saturated carbocycles. The van der Waals surface area contributed by atoms with E-state index in [9.17, 15) is 9.59 Å². The summed E-state index contributed by atoms with van der Waals surface area (Å²) in [6.45, 7) is 0. The topological polar surface area (TPSA) is 55.4 Å². The van der Waals surface area contributed by atoms with E-state index in [0.717, 1.165) is 12.8 Å². The van der Waals surface area contributed by atoms with E-state index in [1.165, 1.54) is 11.3 Å². The molecule has 1 heterocycles. The monoisotopic (exact) mass is 211 g/mol. The molecule has 0 saturated heterocycles. The minimum Gasteiger partial charge on any atom is -0.376 e. The molecule has 0 aliphatic heterocycles. The molecule has 1 aliphatic carbocycles. The first-order chi connectivity index (χ1) is 6.75. The standard InChI is InChI=1S/C9H9NO3S/c11-8(6-3-4-6)13-9(12)10-7-2-1-5-14-7/h1-2,5-6H,3-4H2,(H,10,12). The van der Waals surface area contributed by atoms with E-state index in [4.69, 9.17) is 0 Å². The van der Waals surface area contributed by atoms with Crippen LogP contribution in [0.25, 0.3) is 0 Å². The van der Waals surface area contributed by atoms with Gasteiger partial charge in [-0.25, -0.2) is 4.79 Å². The van der Waals surface area contributed by atoms with Crippen molar-refractivity contribution in [2.45, 2.75) is 12.8 Å². The number of carbonyl (C=O) groups is 2. The first-order valence-electron chi connectivity index (χ1n) is 4.32. The molecule has 0 bridgehead atoms. The fourth-order valence-electron chi connectivity index (χ4n) is 0.970. The van der Waals surface area contributed by atoms with Gasteiger partial charge in [0.15, 0.2) is 0 Å². The van der Waals surface area contributed by atoms with Crippen LogP contribution in [0.3, 0.4) is 0 Å². The van der Waals surface area contributed by atoms with Gasteiger partial charge in [0.25, 0.3) is 0 Å². The second-order valence-electron chi connectivity index (χ2n) is 3.09. The van der Waals surface area contributed by atoms with Crippen LogP contribution < -0.4 is 5.32 Å². The van der Waals surface area contributed by atoms with Gasteiger partial charge in [0, 0.05) is 0 Å². The van der Waals surface area contributed by atoms with Crippen LogP contribution in [-0.4, -0.2) is 12.1 Å². The Morgan fingerprint density at radius 2 is 2.29 bits per heavy atom. The number of rotatable bonds is 2. The van der Waals surface area contributed by atoms with E-state index in [1.54, 1.807) is 6.07 Å². The summed E-state index contributed by atoms with van der Waals surface area (Å²) in [7, 11) is 0. The highest BCUT2D eigenvalue weighted by molar-refractivity contribution is 7.14. The number of thiophene rings is 1. The quantitative estimate of drug-likeness (QED) is 0.603. The van der Waals surface area contributed by atoms with Crippen molar-refractivity contribution in [1.82, 2.24) is 0 Å². The number of hydrogen-bond donors (Lipinski definition) is 1. The van der Waals surface area contributed by atoms with Gasteiger partial charge in [-0.3, -0.25) is 10.1 Å². The zero-order chi connectivity index (χ0) is 9.97. The summed E-state index contributed by atoms with van der Waals surface area (Å²) in [4.78, 5) is 22.2. The van der Waals surface area contributed by atoms with Crippen LogP contribution >= 0.6 is 11.3 Å². The Labute approximate surface area is 84.9 Å². The third kappa shape index (κ3) is 2.32. The molecule has 2 rings (SSSR count). The van der Waals surface area contributed by atoms with Crippen molar-refractivity contribution in [1.29, 1.82) is 0 Å². The number of nitrogens with one attached hydrogen (secondary N) is 1. The van der Waals surface area contributed by atoms with Crippen molar-refractivity contribution in [3.8, 4) is 0 Å². The first kappa shape index (κ1) is 9.21. The molecule has 0 unspecified atom stereocenters. The molecule has 14 heavy (non-hydrogen) atoms. The van der Waals surface area contributed by atoms with Crippen molar-refractivity contribution < 1.29 is 14.3 Å². The van der Waals surface area contributed by atoms with E-state index < -0.39 is 12.1 Å². The van der Waals surface area contributed by atoms with Crippen molar-refractivity contribution in [3.05, 3.63) is 17.5 Å². The maximum Gasteiger partial charge on any atom is 0.420 e. The lowest BCUT2D eigenvalue weighted by atomic mass is 10.4. The SMILES string of the molecule is O=C(Nc1cccs1)OC(=O)C1CC1. The average Bonchev–Trinajstić information content (AvgIpc) is 2.87. The zero-order valence-corrected chi connectivity index (χ0v) is 8.17. The predicted molar refractivity (Wildman–Crippen MR) is 52.2 cm³/mol. The van der Waals surface area contributed by atoms with E-state index in [2.05, 4.69) is 10.1 Å². The van der Waals surface area contributed by atoms with Gasteiger partial charge in [0.1, 0.15) is 0 Å². The van der Waals surface area contributed by atoms with Crippen LogP contribution in [-0.2, 0) is 9.53 Å². The van der Waals surface area contributed by atoms with Crippen molar-refractivity contribution >= 4 is 28.4 Å². The second kappa shape index (κ2) is 3.79. The Kier molecular flexibility index (Phi) is 2.49. The molecular formula is C9H9NO3S. The molecule has 0 aromatic carbocycles. The largest absolute Gasteiger partial charge is 0.420 e. The molecule has 1 N–H and O–H groups in total. The van der Waals surface area contributed by atoms with Gasteiger partial charge in [0.05, 0.1) is 10.9 Å². The summed E-state index contributed by atoms with van der Waals surface area (Å²) in [5, 5.41) is 4.98. The molecule has 1 aromatic heterocycles. The Balaban J connectivity index is 1.81. The average molecular weight is 211 g/mol. The van der Waals surface area contributed by atoms with E-state index in [-0.39, 0.29) is 5.92 Å². The normalized spacial score (nSPS) is 14.9. The Hall–Kier alpha value is -1.36. The maximum atomic E-state index is 11.1. The van der Waals surface area contributed by atoms with Gasteiger partial charge >= 0.3 is 12.1 Å². The lowest BCUT2D eigenvalue weighted by Gasteiger charge is -2.01. The molecule has 0 atom stereocenters. The molecule has 74 valence electrons. The molecule has 0 spiro atoms. The van der Waals surface area contributed by atoms with Gasteiger partial charge < -0.3 is 4.74 Å². The molecule has 4 nitrogen and oxygen atoms in total. The fraction of sp³-hybridized carbons (Fsp3) is 0.333. The van der Waals surface area contributed by atoms with Gasteiger partial charge in [-0.05, 0) is 30.4 Å². The van der Waals surface area contributed by atoms with Crippen LogP contribution in [0.4, 0.5) is 9.80 Å². The van der Waals surface area contributed by atoms with Crippen LogP contribution in [0.15, 0.2) is 17.5 Å². The number of carbonyl (C=O) groups excluding carboxylic acids is 2. The summed E-state index contributed by atoms with van der Waals surface area (Å²) in [6, 6.07) is 3.55.